The first kappa shape index (κ1) is 18.2. The maximum Gasteiger partial charge on any atom is 0.270 e. The van der Waals surface area contributed by atoms with Crippen molar-refractivity contribution in [2.75, 3.05) is 42.5 Å². The summed E-state index contributed by atoms with van der Waals surface area (Å²) < 4.78 is 0. The predicted octanol–water partition coefficient (Wildman–Crippen LogP) is 2.50. The van der Waals surface area contributed by atoms with Gasteiger partial charge in [0, 0.05) is 44.6 Å². The Morgan fingerprint density at radius 2 is 1.88 bits per heavy atom. The summed E-state index contributed by atoms with van der Waals surface area (Å²) in [4.78, 5) is 25.6. The number of amides is 1. The van der Waals surface area contributed by atoms with Gasteiger partial charge in [-0.15, -0.1) is 0 Å². The lowest BCUT2D eigenvalue weighted by molar-refractivity contribution is 0.0944. The van der Waals surface area contributed by atoms with Gasteiger partial charge in [0.15, 0.2) is 0 Å². The third-order valence-corrected chi connectivity index (χ3v) is 4.48. The number of hydrogen-bond donors (Lipinski definition) is 1. The molecule has 3 rings (SSSR count). The number of hydrogen-bond acceptors (Lipinski definition) is 5. The van der Waals surface area contributed by atoms with Crippen LogP contribution >= 0.6 is 0 Å². The number of nitrogens with one attached hydrogen (secondary N) is 1. The number of benzene rings is 1. The first-order chi connectivity index (χ1) is 12.5. The van der Waals surface area contributed by atoms with Crippen molar-refractivity contribution >= 4 is 17.5 Å². The molecule has 0 radical (unpaired) electrons. The SMILES string of the molecule is Cc1cccc(N2CCN(c3nccc(C(=O)NCC(C)C)n3)CC2)c1. The van der Waals surface area contributed by atoms with Gasteiger partial charge in [0.25, 0.3) is 5.91 Å². The van der Waals surface area contributed by atoms with Gasteiger partial charge < -0.3 is 15.1 Å². The average molecular weight is 353 g/mol. The molecule has 1 aromatic heterocycles. The third-order valence-electron chi connectivity index (χ3n) is 4.48. The molecule has 26 heavy (non-hydrogen) atoms. The number of nitrogens with zero attached hydrogens (tertiary/aromatic N) is 4. The molecule has 1 aliphatic heterocycles. The lowest BCUT2D eigenvalue weighted by Gasteiger charge is -2.36. The Morgan fingerprint density at radius 1 is 1.15 bits per heavy atom. The molecule has 1 N–H and O–H groups in total. The van der Waals surface area contributed by atoms with Gasteiger partial charge in [-0.05, 0) is 36.6 Å². The second-order valence-corrected chi connectivity index (χ2v) is 7.16. The smallest absolute Gasteiger partial charge is 0.270 e. The molecule has 1 aliphatic rings. The molecule has 1 aromatic carbocycles. The number of piperazine rings is 1. The standard InChI is InChI=1S/C20H27N5O/c1-15(2)14-22-19(26)18-7-8-21-20(23-18)25-11-9-24(10-12-25)17-6-4-5-16(3)13-17/h4-8,13,15H,9-12,14H2,1-3H3,(H,22,26). The van der Waals surface area contributed by atoms with Crippen molar-refractivity contribution in [2.45, 2.75) is 20.8 Å². The highest BCUT2D eigenvalue weighted by molar-refractivity contribution is 5.92. The van der Waals surface area contributed by atoms with Gasteiger partial charge in [-0.25, -0.2) is 9.97 Å². The van der Waals surface area contributed by atoms with Gasteiger partial charge in [0.05, 0.1) is 0 Å². The second-order valence-electron chi connectivity index (χ2n) is 7.16. The minimum atomic E-state index is -0.138. The Labute approximate surface area is 155 Å². The summed E-state index contributed by atoms with van der Waals surface area (Å²) in [5.41, 5.74) is 2.96. The van der Waals surface area contributed by atoms with E-state index in [9.17, 15) is 4.79 Å². The summed E-state index contributed by atoms with van der Waals surface area (Å²) in [5.74, 6) is 0.904. The fraction of sp³-hybridized carbons (Fsp3) is 0.450. The Kier molecular flexibility index (Phi) is 5.71. The van der Waals surface area contributed by atoms with E-state index in [0.717, 1.165) is 26.2 Å². The zero-order valence-electron chi connectivity index (χ0n) is 15.8. The van der Waals surface area contributed by atoms with E-state index in [1.807, 2.05) is 0 Å². The summed E-state index contributed by atoms with van der Waals surface area (Å²) in [7, 11) is 0. The molecular weight excluding hydrogens is 326 g/mol. The number of rotatable bonds is 5. The van der Waals surface area contributed by atoms with Crippen molar-refractivity contribution < 1.29 is 4.79 Å². The van der Waals surface area contributed by atoms with Crippen molar-refractivity contribution in [1.29, 1.82) is 0 Å². The Balaban J connectivity index is 1.62. The molecule has 1 saturated heterocycles. The lowest BCUT2D eigenvalue weighted by Crippen LogP contribution is -2.47. The molecule has 138 valence electrons. The van der Waals surface area contributed by atoms with Crippen molar-refractivity contribution in [3.63, 3.8) is 0 Å². The molecule has 1 amide bonds. The first-order valence-electron chi connectivity index (χ1n) is 9.21. The van der Waals surface area contributed by atoms with Crippen LogP contribution in [0, 0.1) is 12.8 Å². The highest BCUT2D eigenvalue weighted by atomic mass is 16.1. The topological polar surface area (TPSA) is 61.4 Å². The van der Waals surface area contributed by atoms with E-state index < -0.39 is 0 Å². The van der Waals surface area contributed by atoms with Crippen LogP contribution in [-0.2, 0) is 0 Å². The van der Waals surface area contributed by atoms with Crippen LogP contribution in [0.15, 0.2) is 36.5 Å². The largest absolute Gasteiger partial charge is 0.368 e. The van der Waals surface area contributed by atoms with Crippen LogP contribution in [0.4, 0.5) is 11.6 Å². The van der Waals surface area contributed by atoms with E-state index in [1.54, 1.807) is 12.3 Å². The third kappa shape index (κ3) is 4.50. The van der Waals surface area contributed by atoms with Gasteiger partial charge in [-0.1, -0.05) is 26.0 Å². The fourth-order valence-electron chi connectivity index (χ4n) is 3.00. The molecular formula is C20H27N5O. The zero-order chi connectivity index (χ0) is 18.5. The van der Waals surface area contributed by atoms with Crippen LogP contribution in [0.3, 0.4) is 0 Å². The normalized spacial score (nSPS) is 14.6. The summed E-state index contributed by atoms with van der Waals surface area (Å²) in [6.07, 6.45) is 1.67. The minimum Gasteiger partial charge on any atom is -0.368 e. The first-order valence-corrected chi connectivity index (χ1v) is 9.21. The average Bonchev–Trinajstić information content (AvgIpc) is 2.66. The van der Waals surface area contributed by atoms with E-state index in [1.165, 1.54) is 11.3 Å². The number of carbonyl (C=O) groups is 1. The molecule has 0 bridgehead atoms. The monoisotopic (exact) mass is 353 g/mol. The van der Waals surface area contributed by atoms with Gasteiger partial charge in [-0.3, -0.25) is 4.79 Å². The van der Waals surface area contributed by atoms with E-state index in [0.29, 0.717) is 24.1 Å². The molecule has 0 saturated carbocycles. The molecule has 6 nitrogen and oxygen atoms in total. The van der Waals surface area contributed by atoms with E-state index in [4.69, 9.17) is 0 Å². The Bertz CT molecular complexity index is 753. The fourth-order valence-corrected chi connectivity index (χ4v) is 3.00. The maximum absolute atomic E-state index is 12.2. The zero-order valence-corrected chi connectivity index (χ0v) is 15.8. The molecule has 0 aliphatic carbocycles. The lowest BCUT2D eigenvalue weighted by atomic mass is 10.2. The summed E-state index contributed by atoms with van der Waals surface area (Å²) >= 11 is 0. The van der Waals surface area contributed by atoms with Crippen LogP contribution in [0.25, 0.3) is 0 Å². The Morgan fingerprint density at radius 3 is 2.58 bits per heavy atom. The van der Waals surface area contributed by atoms with E-state index >= 15 is 0 Å². The highest BCUT2D eigenvalue weighted by Gasteiger charge is 2.20. The molecule has 6 heteroatoms. The molecule has 2 heterocycles. The summed E-state index contributed by atoms with van der Waals surface area (Å²) in [6.45, 7) is 10.4. The molecule has 0 atom stereocenters. The van der Waals surface area contributed by atoms with Gasteiger partial charge in [0.2, 0.25) is 5.95 Å². The molecule has 1 fully saturated rings. The van der Waals surface area contributed by atoms with Crippen molar-refractivity contribution in [1.82, 2.24) is 15.3 Å². The number of anilines is 2. The molecule has 2 aromatic rings. The highest BCUT2D eigenvalue weighted by Crippen LogP contribution is 2.19. The summed E-state index contributed by atoms with van der Waals surface area (Å²) in [6, 6.07) is 10.2. The number of aromatic nitrogens is 2. The Hall–Kier alpha value is -2.63. The molecule has 0 unspecified atom stereocenters. The quantitative estimate of drug-likeness (QED) is 0.895. The van der Waals surface area contributed by atoms with Gasteiger partial charge in [0.1, 0.15) is 5.69 Å². The van der Waals surface area contributed by atoms with Crippen LogP contribution in [0.1, 0.15) is 29.9 Å². The predicted molar refractivity (Wildman–Crippen MR) is 105 cm³/mol. The van der Waals surface area contributed by atoms with E-state index in [2.05, 4.69) is 70.1 Å². The minimum absolute atomic E-state index is 0.138. The maximum atomic E-state index is 12.2. The van der Waals surface area contributed by atoms with Crippen molar-refractivity contribution in [2.24, 2.45) is 5.92 Å². The number of aryl methyl sites for hydroxylation is 1. The summed E-state index contributed by atoms with van der Waals surface area (Å²) in [5, 5.41) is 2.91. The van der Waals surface area contributed by atoms with Crippen LogP contribution in [-0.4, -0.2) is 48.6 Å². The van der Waals surface area contributed by atoms with Crippen LogP contribution in [0.2, 0.25) is 0 Å². The second kappa shape index (κ2) is 8.17. The molecule has 0 spiro atoms. The van der Waals surface area contributed by atoms with Gasteiger partial charge >= 0.3 is 0 Å². The van der Waals surface area contributed by atoms with Crippen molar-refractivity contribution in [3.05, 3.63) is 47.8 Å². The van der Waals surface area contributed by atoms with Crippen LogP contribution < -0.4 is 15.1 Å². The van der Waals surface area contributed by atoms with Gasteiger partial charge in [-0.2, -0.15) is 0 Å². The van der Waals surface area contributed by atoms with Crippen molar-refractivity contribution in [3.8, 4) is 0 Å². The number of carbonyl (C=O) groups excluding carboxylic acids is 1. The van der Waals surface area contributed by atoms with E-state index in [-0.39, 0.29) is 5.91 Å². The van der Waals surface area contributed by atoms with Crippen LogP contribution in [0.5, 0.6) is 0 Å².